The molecule has 1 rings (SSSR count). The Kier molecular flexibility index (Phi) is 4.26. The lowest BCUT2D eigenvalue weighted by Crippen LogP contribution is -2.37. The molecule has 4 heteroatoms. The van der Waals surface area contributed by atoms with Crippen molar-refractivity contribution in [3.63, 3.8) is 0 Å². The molecule has 0 aliphatic carbocycles. The van der Waals surface area contributed by atoms with Crippen molar-refractivity contribution in [1.82, 2.24) is 4.90 Å². The number of carbonyl (C=O) groups is 1. The maximum absolute atomic E-state index is 11.9. The normalized spacial score (nSPS) is 24.4. The number of likely N-dealkylation sites (tertiary alicyclic amines) is 1. The molecule has 1 heterocycles. The van der Waals surface area contributed by atoms with Crippen LogP contribution in [0.4, 0.5) is 0 Å². The molecule has 1 aliphatic rings. The lowest BCUT2D eigenvalue weighted by molar-refractivity contribution is -0.130. The van der Waals surface area contributed by atoms with Gasteiger partial charge < -0.3 is 10.6 Å². The van der Waals surface area contributed by atoms with Crippen LogP contribution in [0.1, 0.15) is 20.3 Å². The molecule has 14 heavy (non-hydrogen) atoms. The zero-order valence-electron chi connectivity index (χ0n) is 8.94. The van der Waals surface area contributed by atoms with E-state index in [1.54, 1.807) is 0 Å². The number of nitrogens with two attached hydrogens (primary N) is 1. The molecule has 0 aromatic rings. The van der Waals surface area contributed by atoms with Crippen molar-refractivity contribution in [3.05, 3.63) is 0 Å². The van der Waals surface area contributed by atoms with Crippen molar-refractivity contribution < 1.29 is 4.79 Å². The molecule has 82 valence electrons. The fourth-order valence-electron chi connectivity index (χ4n) is 1.70. The van der Waals surface area contributed by atoms with Gasteiger partial charge in [0.25, 0.3) is 0 Å². The van der Waals surface area contributed by atoms with E-state index in [1.165, 1.54) is 0 Å². The zero-order valence-corrected chi connectivity index (χ0v) is 9.83. The molecule has 0 saturated carbocycles. The maximum Gasteiger partial charge on any atom is 0.235 e. The van der Waals surface area contributed by atoms with Crippen LogP contribution in [-0.4, -0.2) is 35.7 Å². The average molecular weight is 216 g/mol. The highest BCUT2D eigenvalue weighted by molar-refractivity contribution is 7.81. The van der Waals surface area contributed by atoms with Gasteiger partial charge in [0.15, 0.2) is 0 Å². The molecule has 2 N–H and O–H groups in total. The van der Waals surface area contributed by atoms with Crippen LogP contribution in [0.5, 0.6) is 0 Å². The molecule has 3 nitrogen and oxygen atoms in total. The van der Waals surface area contributed by atoms with E-state index in [-0.39, 0.29) is 11.2 Å². The van der Waals surface area contributed by atoms with E-state index < -0.39 is 0 Å². The second kappa shape index (κ2) is 5.03. The molecule has 0 spiro atoms. The van der Waals surface area contributed by atoms with E-state index in [4.69, 9.17) is 5.73 Å². The van der Waals surface area contributed by atoms with Crippen molar-refractivity contribution >= 4 is 18.5 Å². The van der Waals surface area contributed by atoms with E-state index in [1.807, 2.05) is 18.7 Å². The van der Waals surface area contributed by atoms with Crippen molar-refractivity contribution in [1.29, 1.82) is 0 Å². The number of hydrogen-bond donors (Lipinski definition) is 2. The van der Waals surface area contributed by atoms with Gasteiger partial charge in [-0.1, -0.05) is 13.8 Å². The average Bonchev–Trinajstić information content (AvgIpc) is 2.63. The predicted molar refractivity (Wildman–Crippen MR) is 61.4 cm³/mol. The van der Waals surface area contributed by atoms with Crippen LogP contribution in [0, 0.1) is 11.8 Å². The fraction of sp³-hybridized carbons (Fsp3) is 0.900. The Bertz CT molecular complexity index is 208. The molecule has 1 amide bonds. The van der Waals surface area contributed by atoms with Crippen LogP contribution in [0.3, 0.4) is 0 Å². The molecule has 1 saturated heterocycles. The Hall–Kier alpha value is -0.220. The van der Waals surface area contributed by atoms with Crippen LogP contribution in [0.15, 0.2) is 0 Å². The summed E-state index contributed by atoms with van der Waals surface area (Å²) in [5, 5.41) is -0.161. The third kappa shape index (κ3) is 2.64. The minimum atomic E-state index is -0.161. The van der Waals surface area contributed by atoms with Crippen molar-refractivity contribution in [3.8, 4) is 0 Å². The van der Waals surface area contributed by atoms with Crippen molar-refractivity contribution in [2.75, 3.05) is 19.6 Å². The SMILES string of the molecule is CC(C)C(S)C(=O)N1CCC(CN)C1. The van der Waals surface area contributed by atoms with Crippen LogP contribution in [-0.2, 0) is 4.79 Å². The third-order valence-corrected chi connectivity index (χ3v) is 3.63. The van der Waals surface area contributed by atoms with E-state index in [0.717, 1.165) is 19.5 Å². The molecule has 2 unspecified atom stereocenters. The molecule has 0 radical (unpaired) electrons. The van der Waals surface area contributed by atoms with Crippen molar-refractivity contribution in [2.24, 2.45) is 17.6 Å². The smallest absolute Gasteiger partial charge is 0.235 e. The van der Waals surface area contributed by atoms with Gasteiger partial charge in [0.2, 0.25) is 5.91 Å². The fourth-order valence-corrected chi connectivity index (χ4v) is 1.86. The quantitative estimate of drug-likeness (QED) is 0.684. The summed E-state index contributed by atoms with van der Waals surface area (Å²) < 4.78 is 0. The van der Waals surface area contributed by atoms with E-state index >= 15 is 0 Å². The maximum atomic E-state index is 11.9. The summed E-state index contributed by atoms with van der Waals surface area (Å²) in [5.74, 6) is 0.952. The highest BCUT2D eigenvalue weighted by Crippen LogP contribution is 2.19. The summed E-state index contributed by atoms with van der Waals surface area (Å²) in [6.07, 6.45) is 1.04. The number of carbonyl (C=O) groups excluding carboxylic acids is 1. The predicted octanol–water partition coefficient (Wildman–Crippen LogP) is 0.748. The highest BCUT2D eigenvalue weighted by atomic mass is 32.1. The molecule has 1 fully saturated rings. The van der Waals surface area contributed by atoms with Crippen LogP contribution >= 0.6 is 12.6 Å². The second-order valence-electron chi connectivity index (χ2n) is 4.36. The number of rotatable bonds is 3. The summed E-state index contributed by atoms with van der Waals surface area (Å²) in [6, 6.07) is 0. The standard InChI is InChI=1S/C10H20N2OS/c1-7(2)9(14)10(13)12-4-3-8(5-11)6-12/h7-9,14H,3-6,11H2,1-2H3. The minimum absolute atomic E-state index is 0.161. The number of thiol groups is 1. The van der Waals surface area contributed by atoms with Gasteiger partial charge >= 0.3 is 0 Å². The van der Waals surface area contributed by atoms with Gasteiger partial charge in [-0.05, 0) is 24.8 Å². The van der Waals surface area contributed by atoms with Gasteiger partial charge in [0.1, 0.15) is 0 Å². The molecule has 0 aromatic heterocycles. The Morgan fingerprint density at radius 3 is 2.71 bits per heavy atom. The highest BCUT2D eigenvalue weighted by Gasteiger charge is 2.29. The Balaban J connectivity index is 2.47. The Morgan fingerprint density at radius 2 is 2.29 bits per heavy atom. The number of hydrogen-bond acceptors (Lipinski definition) is 3. The number of amides is 1. The van der Waals surface area contributed by atoms with Gasteiger partial charge in [-0.15, -0.1) is 0 Å². The lowest BCUT2D eigenvalue weighted by Gasteiger charge is -2.22. The van der Waals surface area contributed by atoms with Crippen molar-refractivity contribution in [2.45, 2.75) is 25.5 Å². The van der Waals surface area contributed by atoms with E-state index in [2.05, 4.69) is 12.6 Å². The first-order valence-corrected chi connectivity index (χ1v) is 5.74. The van der Waals surface area contributed by atoms with Gasteiger partial charge in [-0.3, -0.25) is 4.79 Å². The summed E-state index contributed by atoms with van der Waals surface area (Å²) >= 11 is 4.33. The first-order valence-electron chi connectivity index (χ1n) is 5.23. The Labute approximate surface area is 91.4 Å². The molecular formula is C10H20N2OS. The van der Waals surface area contributed by atoms with Gasteiger partial charge in [0, 0.05) is 13.1 Å². The second-order valence-corrected chi connectivity index (χ2v) is 4.92. The van der Waals surface area contributed by atoms with E-state index in [9.17, 15) is 4.79 Å². The third-order valence-electron chi connectivity index (χ3n) is 2.82. The summed E-state index contributed by atoms with van der Waals surface area (Å²) in [7, 11) is 0. The van der Waals surface area contributed by atoms with Gasteiger partial charge in [-0.25, -0.2) is 0 Å². The lowest BCUT2D eigenvalue weighted by atomic mass is 10.1. The zero-order chi connectivity index (χ0) is 10.7. The van der Waals surface area contributed by atoms with Gasteiger partial charge in [-0.2, -0.15) is 12.6 Å². The first kappa shape index (κ1) is 11.9. The van der Waals surface area contributed by atoms with Crippen LogP contribution < -0.4 is 5.73 Å². The molecule has 0 aromatic carbocycles. The van der Waals surface area contributed by atoms with Crippen LogP contribution in [0.25, 0.3) is 0 Å². The first-order chi connectivity index (χ1) is 6.56. The van der Waals surface area contributed by atoms with Crippen LogP contribution in [0.2, 0.25) is 0 Å². The molecular weight excluding hydrogens is 196 g/mol. The number of nitrogens with zero attached hydrogens (tertiary/aromatic N) is 1. The molecule has 0 bridgehead atoms. The summed E-state index contributed by atoms with van der Waals surface area (Å²) in [6.45, 7) is 6.39. The largest absolute Gasteiger partial charge is 0.341 e. The molecule has 2 atom stereocenters. The van der Waals surface area contributed by atoms with Gasteiger partial charge in [0.05, 0.1) is 5.25 Å². The minimum Gasteiger partial charge on any atom is -0.341 e. The monoisotopic (exact) mass is 216 g/mol. The molecule has 1 aliphatic heterocycles. The summed E-state index contributed by atoms with van der Waals surface area (Å²) in [5.41, 5.74) is 5.58. The Morgan fingerprint density at radius 1 is 1.64 bits per heavy atom. The topological polar surface area (TPSA) is 46.3 Å². The summed E-state index contributed by atoms with van der Waals surface area (Å²) in [4.78, 5) is 13.8. The van der Waals surface area contributed by atoms with E-state index in [0.29, 0.717) is 18.4 Å².